The molecule has 2 heterocycles. The monoisotopic (exact) mass is 392 g/mol. The van der Waals surface area contributed by atoms with Gasteiger partial charge in [-0.1, -0.05) is 18.2 Å². The highest BCUT2D eigenvalue weighted by Crippen LogP contribution is 2.30. The van der Waals surface area contributed by atoms with Crippen LogP contribution in [0.25, 0.3) is 10.9 Å². The quantitative estimate of drug-likeness (QED) is 0.660. The number of para-hydroxylation sites is 1. The van der Waals surface area contributed by atoms with Crippen LogP contribution in [0.2, 0.25) is 0 Å². The van der Waals surface area contributed by atoms with Gasteiger partial charge < -0.3 is 19.1 Å². The van der Waals surface area contributed by atoms with E-state index < -0.39 is 5.60 Å². The van der Waals surface area contributed by atoms with Crippen molar-refractivity contribution in [2.75, 3.05) is 25.2 Å². The summed E-state index contributed by atoms with van der Waals surface area (Å²) in [5.41, 5.74) is 0.681. The van der Waals surface area contributed by atoms with E-state index in [1.54, 1.807) is 32.1 Å². The second-order valence-electron chi connectivity index (χ2n) is 7.51. The molecule has 1 amide bonds. The number of pyridine rings is 1. The van der Waals surface area contributed by atoms with E-state index in [0.717, 1.165) is 22.3 Å². The molecule has 1 unspecified atom stereocenters. The van der Waals surface area contributed by atoms with Crippen molar-refractivity contribution in [2.45, 2.75) is 25.6 Å². The van der Waals surface area contributed by atoms with E-state index in [0.29, 0.717) is 18.9 Å². The Morgan fingerprint density at radius 3 is 2.66 bits per heavy atom. The number of ether oxygens (including phenoxy) is 3. The van der Waals surface area contributed by atoms with Crippen molar-refractivity contribution < 1.29 is 19.0 Å². The maximum Gasteiger partial charge on any atom is 0.258 e. The summed E-state index contributed by atoms with van der Waals surface area (Å²) in [6.07, 6.45) is 1.48. The third kappa shape index (κ3) is 3.89. The summed E-state index contributed by atoms with van der Waals surface area (Å²) in [6, 6.07) is 17.2. The number of morpholine rings is 1. The fourth-order valence-corrected chi connectivity index (χ4v) is 3.56. The van der Waals surface area contributed by atoms with E-state index in [1.807, 2.05) is 54.6 Å². The third-order valence-corrected chi connectivity index (χ3v) is 5.01. The Morgan fingerprint density at radius 1 is 1.14 bits per heavy atom. The molecular weight excluding hydrogens is 368 g/mol. The van der Waals surface area contributed by atoms with Crippen molar-refractivity contribution in [1.82, 2.24) is 4.98 Å². The number of hydrogen-bond acceptors (Lipinski definition) is 5. The zero-order valence-electron chi connectivity index (χ0n) is 16.8. The minimum Gasteiger partial charge on any atom is -0.497 e. The summed E-state index contributed by atoms with van der Waals surface area (Å²) in [5, 5.41) is 1.02. The number of amides is 1. The Kier molecular flexibility index (Phi) is 5.11. The Balaban J connectivity index is 1.53. The Morgan fingerprint density at radius 2 is 1.90 bits per heavy atom. The normalized spacial score (nSPS) is 18.7. The molecule has 1 aliphatic rings. The molecule has 2 aromatic carbocycles. The molecule has 1 aliphatic heterocycles. The molecular formula is C23H24N2O4. The highest BCUT2D eigenvalue weighted by atomic mass is 16.6. The number of anilines is 1. The number of fused-ring (bicyclic) bond motifs is 1. The van der Waals surface area contributed by atoms with E-state index in [2.05, 4.69) is 4.98 Å². The maximum absolute atomic E-state index is 12.9. The van der Waals surface area contributed by atoms with Crippen LogP contribution in [0, 0.1) is 0 Å². The predicted molar refractivity (Wildman–Crippen MR) is 112 cm³/mol. The van der Waals surface area contributed by atoms with Gasteiger partial charge in [0.1, 0.15) is 35.3 Å². The van der Waals surface area contributed by atoms with Gasteiger partial charge in [0, 0.05) is 17.3 Å². The first kappa shape index (κ1) is 19.2. The number of hydrogen-bond donors (Lipinski definition) is 0. The maximum atomic E-state index is 12.9. The van der Waals surface area contributed by atoms with Gasteiger partial charge in [0.25, 0.3) is 5.91 Å². The molecule has 150 valence electrons. The number of benzene rings is 2. The lowest BCUT2D eigenvalue weighted by atomic mass is 10.0. The van der Waals surface area contributed by atoms with Crippen LogP contribution in [-0.2, 0) is 9.53 Å². The van der Waals surface area contributed by atoms with Gasteiger partial charge in [-0.25, -0.2) is 0 Å². The highest BCUT2D eigenvalue weighted by molar-refractivity contribution is 5.99. The van der Waals surface area contributed by atoms with E-state index in [4.69, 9.17) is 14.2 Å². The topological polar surface area (TPSA) is 60.9 Å². The van der Waals surface area contributed by atoms with Gasteiger partial charge >= 0.3 is 0 Å². The van der Waals surface area contributed by atoms with E-state index in [9.17, 15) is 4.79 Å². The molecule has 29 heavy (non-hydrogen) atoms. The molecule has 0 spiro atoms. The lowest BCUT2D eigenvalue weighted by Gasteiger charge is -2.41. The van der Waals surface area contributed by atoms with Gasteiger partial charge in [0.15, 0.2) is 0 Å². The van der Waals surface area contributed by atoms with Crippen LogP contribution >= 0.6 is 0 Å². The van der Waals surface area contributed by atoms with E-state index in [1.165, 1.54) is 0 Å². The second kappa shape index (κ2) is 7.72. The van der Waals surface area contributed by atoms with E-state index in [-0.39, 0.29) is 12.0 Å². The third-order valence-electron chi connectivity index (χ3n) is 5.01. The standard InChI is InChI=1S/C23H24N2O4/c1-23(2)22(26)25(17-9-11-18(27-3)12-10-17)14-19(29-23)15-28-20-8-4-6-16-7-5-13-24-21(16)20/h4-13,19H,14-15H2,1-3H3. The lowest BCUT2D eigenvalue weighted by molar-refractivity contribution is -0.157. The Bertz CT molecular complexity index is 1010. The molecule has 0 radical (unpaired) electrons. The number of aromatic nitrogens is 1. The number of methoxy groups -OCH3 is 1. The molecule has 1 aromatic heterocycles. The average molecular weight is 392 g/mol. The minimum atomic E-state index is -0.941. The van der Waals surface area contributed by atoms with Crippen molar-refractivity contribution >= 4 is 22.5 Å². The molecule has 0 N–H and O–H groups in total. The molecule has 6 nitrogen and oxygen atoms in total. The highest BCUT2D eigenvalue weighted by Gasteiger charge is 2.42. The van der Waals surface area contributed by atoms with Gasteiger partial charge in [-0.3, -0.25) is 9.78 Å². The van der Waals surface area contributed by atoms with Crippen LogP contribution < -0.4 is 14.4 Å². The molecule has 6 heteroatoms. The number of carbonyl (C=O) groups is 1. The summed E-state index contributed by atoms with van der Waals surface area (Å²) in [7, 11) is 1.62. The van der Waals surface area contributed by atoms with Crippen molar-refractivity contribution in [3.8, 4) is 11.5 Å². The van der Waals surface area contributed by atoms with E-state index >= 15 is 0 Å². The SMILES string of the molecule is COc1ccc(N2CC(COc3cccc4cccnc34)OC(C)(C)C2=O)cc1. The smallest absolute Gasteiger partial charge is 0.258 e. The summed E-state index contributed by atoms with van der Waals surface area (Å²) >= 11 is 0. The van der Waals surface area contributed by atoms with Crippen LogP contribution in [0.1, 0.15) is 13.8 Å². The first-order chi connectivity index (χ1) is 14.0. The van der Waals surface area contributed by atoms with Crippen molar-refractivity contribution in [1.29, 1.82) is 0 Å². The summed E-state index contributed by atoms with van der Waals surface area (Å²) in [4.78, 5) is 19.1. The van der Waals surface area contributed by atoms with Crippen molar-refractivity contribution in [2.24, 2.45) is 0 Å². The zero-order valence-corrected chi connectivity index (χ0v) is 16.8. The van der Waals surface area contributed by atoms with Crippen LogP contribution in [0.5, 0.6) is 11.5 Å². The second-order valence-corrected chi connectivity index (χ2v) is 7.51. The van der Waals surface area contributed by atoms with Gasteiger partial charge in [0.05, 0.1) is 13.7 Å². The first-order valence-corrected chi connectivity index (χ1v) is 9.58. The molecule has 1 fully saturated rings. The molecule has 1 saturated heterocycles. The van der Waals surface area contributed by atoms with Crippen LogP contribution in [0.15, 0.2) is 60.8 Å². The fourth-order valence-electron chi connectivity index (χ4n) is 3.56. The number of rotatable bonds is 5. The molecule has 0 aliphatic carbocycles. The minimum absolute atomic E-state index is 0.0780. The molecule has 0 saturated carbocycles. The van der Waals surface area contributed by atoms with Crippen molar-refractivity contribution in [3.05, 3.63) is 60.8 Å². The fraction of sp³-hybridized carbons (Fsp3) is 0.304. The van der Waals surface area contributed by atoms with Gasteiger partial charge in [-0.2, -0.15) is 0 Å². The average Bonchev–Trinajstić information content (AvgIpc) is 2.74. The van der Waals surface area contributed by atoms with Gasteiger partial charge in [-0.15, -0.1) is 0 Å². The molecule has 4 rings (SSSR count). The first-order valence-electron chi connectivity index (χ1n) is 9.58. The van der Waals surface area contributed by atoms with Gasteiger partial charge in [-0.05, 0) is 50.2 Å². The Hall–Kier alpha value is -3.12. The lowest BCUT2D eigenvalue weighted by Crippen LogP contribution is -2.58. The van der Waals surface area contributed by atoms with Crippen LogP contribution in [0.3, 0.4) is 0 Å². The number of carbonyl (C=O) groups excluding carboxylic acids is 1. The van der Waals surface area contributed by atoms with Gasteiger partial charge in [0.2, 0.25) is 0 Å². The van der Waals surface area contributed by atoms with Crippen molar-refractivity contribution in [3.63, 3.8) is 0 Å². The molecule has 3 aromatic rings. The largest absolute Gasteiger partial charge is 0.497 e. The van der Waals surface area contributed by atoms with Crippen LogP contribution in [0.4, 0.5) is 5.69 Å². The molecule has 0 bridgehead atoms. The Labute approximate surface area is 170 Å². The summed E-state index contributed by atoms with van der Waals surface area (Å²) in [6.45, 7) is 4.31. The summed E-state index contributed by atoms with van der Waals surface area (Å²) < 4.78 is 17.3. The molecule has 1 atom stereocenters. The predicted octanol–water partition coefficient (Wildman–Crippen LogP) is 3.83. The summed E-state index contributed by atoms with van der Waals surface area (Å²) in [5.74, 6) is 1.38. The van der Waals surface area contributed by atoms with Crippen LogP contribution in [-0.4, -0.2) is 42.9 Å². The number of nitrogens with zero attached hydrogens (tertiary/aromatic N) is 2. The zero-order chi connectivity index (χ0) is 20.4.